The van der Waals surface area contributed by atoms with Crippen molar-refractivity contribution in [2.45, 2.75) is 20.5 Å². The number of anilines is 1. The molecule has 0 saturated carbocycles. The van der Waals surface area contributed by atoms with Crippen LogP contribution in [0.4, 0.5) is 5.69 Å². The Kier molecular flexibility index (Phi) is 9.81. The van der Waals surface area contributed by atoms with E-state index in [0.29, 0.717) is 40.0 Å². The number of carbonyl (C=O) groups excluding carboxylic acids is 3. The van der Waals surface area contributed by atoms with E-state index in [0.717, 1.165) is 5.56 Å². The van der Waals surface area contributed by atoms with Crippen molar-refractivity contribution in [1.82, 2.24) is 10.8 Å². The molecule has 0 saturated heterocycles. The summed E-state index contributed by atoms with van der Waals surface area (Å²) in [6.07, 6.45) is 0. The van der Waals surface area contributed by atoms with Crippen LogP contribution in [-0.2, 0) is 11.4 Å². The SMILES string of the molecule is CC(C)CNC(=O)c1ccc(-c2ccccc2C(=O)Nc2ccc(C(=N)N)cc2)c(C(=O)NOCc2ccccc2)c1. The minimum atomic E-state index is -0.561. The molecule has 0 atom stereocenters. The highest BCUT2D eigenvalue weighted by Crippen LogP contribution is 2.29. The molecule has 0 radical (unpaired) electrons. The molecule has 9 nitrogen and oxygen atoms in total. The molecule has 4 rings (SSSR count). The Morgan fingerprint density at radius 2 is 1.40 bits per heavy atom. The Morgan fingerprint density at radius 1 is 0.762 bits per heavy atom. The van der Waals surface area contributed by atoms with Crippen LogP contribution in [0.15, 0.2) is 97.1 Å². The summed E-state index contributed by atoms with van der Waals surface area (Å²) in [5.41, 5.74) is 11.7. The second-order valence-corrected chi connectivity index (χ2v) is 10.1. The number of nitrogens with two attached hydrogens (primary N) is 1. The molecular weight excluding hydrogens is 530 g/mol. The first kappa shape index (κ1) is 29.7. The fraction of sp³-hybridized carbons (Fsp3) is 0.152. The average Bonchev–Trinajstić information content (AvgIpc) is 3.00. The molecule has 0 aromatic heterocycles. The molecule has 214 valence electrons. The molecule has 42 heavy (non-hydrogen) atoms. The number of hydrogen-bond acceptors (Lipinski definition) is 5. The summed E-state index contributed by atoms with van der Waals surface area (Å²) in [7, 11) is 0. The maximum absolute atomic E-state index is 13.4. The van der Waals surface area contributed by atoms with Gasteiger partial charge in [0.1, 0.15) is 5.84 Å². The lowest BCUT2D eigenvalue weighted by Gasteiger charge is -2.16. The first-order valence-corrected chi connectivity index (χ1v) is 13.5. The summed E-state index contributed by atoms with van der Waals surface area (Å²) in [6.45, 7) is 4.62. The number of hydroxylamine groups is 1. The number of amidine groups is 1. The summed E-state index contributed by atoms with van der Waals surface area (Å²) in [5, 5.41) is 13.3. The Morgan fingerprint density at radius 3 is 2.10 bits per heavy atom. The fourth-order valence-corrected chi connectivity index (χ4v) is 4.17. The molecule has 0 aliphatic carbocycles. The molecule has 4 aromatic carbocycles. The monoisotopic (exact) mass is 563 g/mol. The molecule has 0 bridgehead atoms. The van der Waals surface area contributed by atoms with E-state index in [2.05, 4.69) is 16.1 Å². The second-order valence-electron chi connectivity index (χ2n) is 10.1. The molecule has 0 spiro atoms. The van der Waals surface area contributed by atoms with Crippen molar-refractivity contribution in [2.75, 3.05) is 11.9 Å². The van der Waals surface area contributed by atoms with E-state index in [1.165, 1.54) is 6.07 Å². The summed E-state index contributed by atoms with van der Waals surface area (Å²) in [5.74, 6) is -1.08. The zero-order valence-electron chi connectivity index (χ0n) is 23.4. The van der Waals surface area contributed by atoms with Crippen molar-refractivity contribution >= 4 is 29.2 Å². The highest BCUT2D eigenvalue weighted by atomic mass is 16.6. The standard InChI is InChI=1S/C33H33N5O4/c1-21(2)19-36-31(39)24-14-17-27(29(18-24)33(41)38-42-20-22-8-4-3-5-9-22)26-10-6-7-11-28(26)32(40)37-25-15-12-23(13-16-25)30(34)35/h3-18,21H,19-20H2,1-2H3,(H3,34,35)(H,36,39)(H,37,40)(H,38,41). The van der Waals surface area contributed by atoms with E-state index < -0.39 is 11.8 Å². The van der Waals surface area contributed by atoms with E-state index in [1.54, 1.807) is 60.7 Å². The third kappa shape index (κ3) is 7.67. The minimum Gasteiger partial charge on any atom is -0.384 e. The molecule has 0 aliphatic rings. The zero-order chi connectivity index (χ0) is 30.1. The lowest BCUT2D eigenvalue weighted by atomic mass is 9.93. The molecule has 4 aromatic rings. The topological polar surface area (TPSA) is 146 Å². The van der Waals surface area contributed by atoms with Crippen molar-refractivity contribution in [1.29, 1.82) is 5.41 Å². The molecule has 0 heterocycles. The quantitative estimate of drug-likeness (QED) is 0.0975. The Balaban J connectivity index is 1.65. The van der Waals surface area contributed by atoms with Gasteiger partial charge in [0.2, 0.25) is 0 Å². The van der Waals surface area contributed by atoms with Gasteiger partial charge in [-0.05, 0) is 65.1 Å². The largest absolute Gasteiger partial charge is 0.384 e. The van der Waals surface area contributed by atoms with Crippen LogP contribution in [0.25, 0.3) is 11.1 Å². The van der Waals surface area contributed by atoms with Gasteiger partial charge in [-0.2, -0.15) is 0 Å². The van der Waals surface area contributed by atoms with Crippen molar-refractivity contribution < 1.29 is 19.2 Å². The average molecular weight is 564 g/mol. The van der Waals surface area contributed by atoms with Crippen molar-refractivity contribution in [2.24, 2.45) is 11.7 Å². The van der Waals surface area contributed by atoms with Gasteiger partial charge in [-0.25, -0.2) is 5.48 Å². The third-order valence-corrected chi connectivity index (χ3v) is 6.36. The molecule has 6 N–H and O–H groups in total. The van der Waals surface area contributed by atoms with Crippen LogP contribution in [0, 0.1) is 11.3 Å². The second kappa shape index (κ2) is 13.9. The Bertz CT molecular complexity index is 1580. The van der Waals surface area contributed by atoms with E-state index in [9.17, 15) is 14.4 Å². The van der Waals surface area contributed by atoms with Gasteiger partial charge in [0.25, 0.3) is 17.7 Å². The van der Waals surface area contributed by atoms with Crippen LogP contribution in [0.1, 0.15) is 56.0 Å². The summed E-state index contributed by atoms with van der Waals surface area (Å²) < 4.78 is 0. The van der Waals surface area contributed by atoms with E-state index in [4.69, 9.17) is 16.0 Å². The van der Waals surface area contributed by atoms with Crippen LogP contribution >= 0.6 is 0 Å². The van der Waals surface area contributed by atoms with Gasteiger partial charge in [-0.3, -0.25) is 24.6 Å². The normalized spacial score (nSPS) is 10.6. The van der Waals surface area contributed by atoms with E-state index in [-0.39, 0.29) is 29.8 Å². The molecule has 0 unspecified atom stereocenters. The molecule has 0 fully saturated rings. The lowest BCUT2D eigenvalue weighted by molar-refractivity contribution is 0.0234. The lowest BCUT2D eigenvalue weighted by Crippen LogP contribution is -2.28. The number of hydrogen-bond donors (Lipinski definition) is 5. The summed E-state index contributed by atoms with van der Waals surface area (Å²) >= 11 is 0. The minimum absolute atomic E-state index is 0.0712. The van der Waals surface area contributed by atoms with Gasteiger partial charge >= 0.3 is 0 Å². The highest BCUT2D eigenvalue weighted by Gasteiger charge is 2.21. The third-order valence-electron chi connectivity index (χ3n) is 6.36. The maximum Gasteiger partial charge on any atom is 0.275 e. The highest BCUT2D eigenvalue weighted by molar-refractivity contribution is 6.11. The van der Waals surface area contributed by atoms with Gasteiger partial charge < -0.3 is 16.4 Å². The van der Waals surface area contributed by atoms with E-state index >= 15 is 0 Å². The number of nitrogen functional groups attached to an aromatic ring is 1. The van der Waals surface area contributed by atoms with E-state index in [1.807, 2.05) is 44.2 Å². The Labute approximate surface area is 244 Å². The van der Waals surface area contributed by atoms with Crippen molar-refractivity contribution in [3.8, 4) is 11.1 Å². The molecule has 0 aliphatic heterocycles. The number of rotatable bonds is 11. The Hall–Kier alpha value is -5.28. The predicted octanol–water partition coefficient (Wildman–Crippen LogP) is 5.14. The molecule has 9 heteroatoms. The van der Waals surface area contributed by atoms with Gasteiger partial charge in [0.05, 0.1) is 12.2 Å². The number of nitrogens with one attached hydrogen (secondary N) is 4. The van der Waals surface area contributed by atoms with Crippen LogP contribution in [0.5, 0.6) is 0 Å². The number of benzene rings is 4. The predicted molar refractivity (Wildman–Crippen MR) is 163 cm³/mol. The summed E-state index contributed by atoms with van der Waals surface area (Å²) in [4.78, 5) is 45.2. The smallest absolute Gasteiger partial charge is 0.275 e. The summed E-state index contributed by atoms with van der Waals surface area (Å²) in [6, 6.07) is 27.7. The van der Waals surface area contributed by atoms with Crippen molar-refractivity contribution in [3.63, 3.8) is 0 Å². The van der Waals surface area contributed by atoms with Crippen LogP contribution in [0.3, 0.4) is 0 Å². The van der Waals surface area contributed by atoms with Gasteiger partial charge in [0, 0.05) is 28.9 Å². The fourth-order valence-electron chi connectivity index (χ4n) is 4.17. The van der Waals surface area contributed by atoms with Crippen LogP contribution in [-0.4, -0.2) is 30.1 Å². The molecular formula is C33H33N5O4. The van der Waals surface area contributed by atoms with Crippen molar-refractivity contribution in [3.05, 3.63) is 125 Å². The molecule has 3 amide bonds. The van der Waals surface area contributed by atoms with Crippen LogP contribution < -0.4 is 21.8 Å². The maximum atomic E-state index is 13.4. The van der Waals surface area contributed by atoms with Crippen LogP contribution in [0.2, 0.25) is 0 Å². The number of amides is 3. The first-order chi connectivity index (χ1) is 20.2. The number of carbonyl (C=O) groups is 3. The van der Waals surface area contributed by atoms with Gasteiger partial charge in [-0.1, -0.05) is 68.4 Å². The van der Waals surface area contributed by atoms with Gasteiger partial charge in [0.15, 0.2) is 0 Å². The first-order valence-electron chi connectivity index (χ1n) is 13.5. The van der Waals surface area contributed by atoms with Gasteiger partial charge in [-0.15, -0.1) is 0 Å². The zero-order valence-corrected chi connectivity index (χ0v) is 23.4.